The minimum atomic E-state index is -0.433. The molecule has 5 heteroatoms. The lowest BCUT2D eigenvalue weighted by Crippen LogP contribution is -2.44. The van der Waals surface area contributed by atoms with Gasteiger partial charge in [0.05, 0.1) is 13.2 Å². The fraction of sp³-hybridized carbons (Fsp3) is 0.562. The van der Waals surface area contributed by atoms with E-state index in [1.165, 1.54) is 0 Å². The van der Waals surface area contributed by atoms with E-state index in [1.807, 2.05) is 37.3 Å². The number of amides is 1. The zero-order valence-electron chi connectivity index (χ0n) is 12.6. The predicted octanol–water partition coefficient (Wildman–Crippen LogP) is 1.29. The van der Waals surface area contributed by atoms with Gasteiger partial charge in [-0.25, -0.2) is 0 Å². The molecule has 0 aliphatic carbocycles. The molecule has 1 aromatic rings. The Labute approximate surface area is 126 Å². The molecule has 1 aliphatic rings. The molecule has 1 aliphatic heterocycles. The average molecular weight is 292 g/mol. The molecule has 1 aromatic carbocycles. The van der Waals surface area contributed by atoms with Crippen molar-refractivity contribution in [1.82, 2.24) is 10.2 Å². The highest BCUT2D eigenvalue weighted by atomic mass is 16.5. The van der Waals surface area contributed by atoms with E-state index < -0.39 is 6.10 Å². The Morgan fingerprint density at radius 3 is 2.71 bits per heavy atom. The first kappa shape index (κ1) is 15.8. The summed E-state index contributed by atoms with van der Waals surface area (Å²) in [6, 6.07) is 9.46. The fourth-order valence-electron chi connectivity index (χ4n) is 2.26. The van der Waals surface area contributed by atoms with Gasteiger partial charge in [0.15, 0.2) is 6.10 Å². The van der Waals surface area contributed by atoms with Gasteiger partial charge in [0.1, 0.15) is 5.75 Å². The van der Waals surface area contributed by atoms with E-state index in [-0.39, 0.29) is 5.91 Å². The normalized spacial score (nSPS) is 17.2. The lowest BCUT2D eigenvalue weighted by Gasteiger charge is -2.26. The number of nitrogens with one attached hydrogen (secondary N) is 1. The van der Waals surface area contributed by atoms with E-state index >= 15 is 0 Å². The molecule has 1 amide bonds. The third-order valence-electron chi connectivity index (χ3n) is 3.52. The van der Waals surface area contributed by atoms with Crippen LogP contribution in [0.3, 0.4) is 0 Å². The highest BCUT2D eigenvalue weighted by molar-refractivity contribution is 5.81. The zero-order chi connectivity index (χ0) is 14.9. The Morgan fingerprint density at radius 2 is 2.05 bits per heavy atom. The van der Waals surface area contributed by atoms with Crippen LogP contribution in [0.25, 0.3) is 0 Å². The topological polar surface area (TPSA) is 50.8 Å². The van der Waals surface area contributed by atoms with Crippen molar-refractivity contribution in [3.05, 3.63) is 30.3 Å². The van der Waals surface area contributed by atoms with Crippen molar-refractivity contribution in [2.45, 2.75) is 19.4 Å². The lowest BCUT2D eigenvalue weighted by molar-refractivity contribution is -0.128. The Morgan fingerprint density at radius 1 is 1.33 bits per heavy atom. The molecule has 0 saturated carbocycles. The number of morpholine rings is 1. The number of carbonyl (C=O) groups excluding carboxylic acids is 1. The van der Waals surface area contributed by atoms with Gasteiger partial charge in [0, 0.05) is 26.2 Å². The molecule has 5 nitrogen and oxygen atoms in total. The molecule has 1 heterocycles. The van der Waals surface area contributed by atoms with Crippen molar-refractivity contribution in [2.24, 2.45) is 0 Å². The van der Waals surface area contributed by atoms with Gasteiger partial charge >= 0.3 is 0 Å². The standard InChI is InChI=1S/C16H24N2O3/c1-2-15(21-14-6-4-3-5-7-14)16(19)17-8-9-18-10-12-20-13-11-18/h3-7,15H,2,8-13H2,1H3,(H,17,19)/t15-/m0/s1. The van der Waals surface area contributed by atoms with Gasteiger partial charge in [-0.2, -0.15) is 0 Å². The second-order valence-corrected chi connectivity index (χ2v) is 5.07. The molecule has 0 spiro atoms. The molecule has 0 bridgehead atoms. The van der Waals surface area contributed by atoms with E-state index in [4.69, 9.17) is 9.47 Å². The maximum Gasteiger partial charge on any atom is 0.261 e. The second kappa shape index (κ2) is 8.64. The van der Waals surface area contributed by atoms with Crippen molar-refractivity contribution < 1.29 is 14.3 Å². The first-order chi connectivity index (χ1) is 10.3. The predicted molar refractivity (Wildman–Crippen MR) is 81.4 cm³/mol. The second-order valence-electron chi connectivity index (χ2n) is 5.07. The molecule has 1 atom stereocenters. The van der Waals surface area contributed by atoms with Gasteiger partial charge in [0.25, 0.3) is 5.91 Å². The van der Waals surface area contributed by atoms with Crippen LogP contribution in [0.15, 0.2) is 30.3 Å². The summed E-state index contributed by atoms with van der Waals surface area (Å²) in [6.07, 6.45) is 0.218. The van der Waals surface area contributed by atoms with Gasteiger partial charge in [-0.15, -0.1) is 0 Å². The van der Waals surface area contributed by atoms with Crippen LogP contribution in [0.1, 0.15) is 13.3 Å². The molecule has 116 valence electrons. The van der Waals surface area contributed by atoms with Crippen LogP contribution in [-0.4, -0.2) is 56.3 Å². The summed E-state index contributed by atoms with van der Waals surface area (Å²) in [4.78, 5) is 14.4. The van der Waals surface area contributed by atoms with E-state index in [9.17, 15) is 4.79 Å². The number of hydrogen-bond acceptors (Lipinski definition) is 4. The Kier molecular flexibility index (Phi) is 6.50. The van der Waals surface area contributed by atoms with Crippen molar-refractivity contribution in [2.75, 3.05) is 39.4 Å². The molecular weight excluding hydrogens is 268 g/mol. The molecule has 0 radical (unpaired) electrons. The summed E-state index contributed by atoms with van der Waals surface area (Å²) in [5.74, 6) is 0.683. The maximum absolute atomic E-state index is 12.1. The summed E-state index contributed by atoms with van der Waals surface area (Å²) >= 11 is 0. The van der Waals surface area contributed by atoms with Crippen LogP contribution in [0.4, 0.5) is 0 Å². The van der Waals surface area contributed by atoms with Crippen LogP contribution in [0, 0.1) is 0 Å². The van der Waals surface area contributed by atoms with Crippen molar-refractivity contribution in [3.8, 4) is 5.75 Å². The molecule has 1 N–H and O–H groups in total. The number of rotatable bonds is 7. The molecule has 21 heavy (non-hydrogen) atoms. The monoisotopic (exact) mass is 292 g/mol. The first-order valence-corrected chi connectivity index (χ1v) is 7.59. The van der Waals surface area contributed by atoms with Crippen LogP contribution in [0.5, 0.6) is 5.75 Å². The molecule has 1 fully saturated rings. The first-order valence-electron chi connectivity index (χ1n) is 7.59. The van der Waals surface area contributed by atoms with Gasteiger partial charge in [-0.3, -0.25) is 9.69 Å². The summed E-state index contributed by atoms with van der Waals surface area (Å²) < 4.78 is 11.0. The van der Waals surface area contributed by atoms with Gasteiger partial charge in [-0.05, 0) is 18.6 Å². The minimum absolute atomic E-state index is 0.0467. The number of carbonyl (C=O) groups is 1. The summed E-state index contributed by atoms with van der Waals surface area (Å²) in [6.45, 7) is 6.89. The Bertz CT molecular complexity index is 419. The largest absolute Gasteiger partial charge is 0.481 e. The average Bonchev–Trinajstić information content (AvgIpc) is 2.54. The molecule has 1 saturated heterocycles. The van der Waals surface area contributed by atoms with Crippen molar-refractivity contribution in [3.63, 3.8) is 0 Å². The van der Waals surface area contributed by atoms with Crippen molar-refractivity contribution in [1.29, 1.82) is 0 Å². The van der Waals surface area contributed by atoms with E-state index in [0.29, 0.717) is 13.0 Å². The number of nitrogens with zero attached hydrogens (tertiary/aromatic N) is 1. The number of benzene rings is 1. The van der Waals surface area contributed by atoms with Crippen LogP contribution in [-0.2, 0) is 9.53 Å². The highest BCUT2D eigenvalue weighted by Gasteiger charge is 2.18. The maximum atomic E-state index is 12.1. The SMILES string of the molecule is CC[C@H](Oc1ccccc1)C(=O)NCCN1CCOCC1. The van der Waals surface area contributed by atoms with E-state index in [1.54, 1.807) is 0 Å². The highest BCUT2D eigenvalue weighted by Crippen LogP contribution is 2.12. The van der Waals surface area contributed by atoms with Crippen molar-refractivity contribution >= 4 is 5.91 Å². The third kappa shape index (κ3) is 5.36. The summed E-state index contributed by atoms with van der Waals surface area (Å²) in [5.41, 5.74) is 0. The molecule has 0 unspecified atom stereocenters. The van der Waals surface area contributed by atoms with Crippen LogP contribution < -0.4 is 10.1 Å². The van der Waals surface area contributed by atoms with Gasteiger partial charge in [0.2, 0.25) is 0 Å². The van der Waals surface area contributed by atoms with E-state index in [0.717, 1.165) is 38.6 Å². The molecular formula is C16H24N2O3. The quantitative estimate of drug-likeness (QED) is 0.823. The number of para-hydroxylation sites is 1. The Hall–Kier alpha value is -1.59. The molecule has 0 aromatic heterocycles. The van der Waals surface area contributed by atoms with Gasteiger partial charge < -0.3 is 14.8 Å². The van der Waals surface area contributed by atoms with Gasteiger partial charge in [-0.1, -0.05) is 25.1 Å². The smallest absolute Gasteiger partial charge is 0.261 e. The zero-order valence-corrected chi connectivity index (χ0v) is 12.6. The lowest BCUT2D eigenvalue weighted by atomic mass is 10.2. The van der Waals surface area contributed by atoms with Crippen LogP contribution in [0.2, 0.25) is 0 Å². The Balaban J connectivity index is 1.72. The summed E-state index contributed by atoms with van der Waals surface area (Å²) in [5, 5.41) is 2.95. The number of hydrogen-bond donors (Lipinski definition) is 1. The van der Waals surface area contributed by atoms with E-state index in [2.05, 4.69) is 10.2 Å². The summed E-state index contributed by atoms with van der Waals surface area (Å²) in [7, 11) is 0. The fourth-order valence-corrected chi connectivity index (χ4v) is 2.26. The third-order valence-corrected chi connectivity index (χ3v) is 3.52. The van der Waals surface area contributed by atoms with Crippen LogP contribution >= 0.6 is 0 Å². The number of ether oxygens (including phenoxy) is 2. The molecule has 2 rings (SSSR count). The minimum Gasteiger partial charge on any atom is -0.481 e.